The third-order valence-corrected chi connectivity index (χ3v) is 10.5. The first-order valence-electron chi connectivity index (χ1n) is 18.4. The molecule has 10 aromatic rings. The summed E-state index contributed by atoms with van der Waals surface area (Å²) in [6, 6.07) is 73.4. The fraction of sp³-hybridized carbons (Fsp3) is 0. The van der Waals surface area contributed by atoms with E-state index in [4.69, 9.17) is 9.97 Å². The zero-order chi connectivity index (χ0) is 35.8. The van der Waals surface area contributed by atoms with Crippen LogP contribution < -0.4 is 0 Å². The third kappa shape index (κ3) is 5.62. The van der Waals surface area contributed by atoms with Gasteiger partial charge in [0.25, 0.3) is 0 Å². The van der Waals surface area contributed by atoms with Crippen molar-refractivity contribution in [2.24, 2.45) is 0 Å². The SMILES string of the molecule is c1ccc(-c2ccc(-c3ccccc3-c3cc(-c4ccccc4-c4ccccc4)nc(-c4c5ccccc5cc5c4ccc4ccccc45)n3)cc2)cc1. The van der Waals surface area contributed by atoms with Gasteiger partial charge in [-0.25, -0.2) is 9.97 Å². The molecule has 1 aromatic heterocycles. The zero-order valence-electron chi connectivity index (χ0n) is 29.5. The van der Waals surface area contributed by atoms with Crippen molar-refractivity contribution in [1.82, 2.24) is 9.97 Å². The molecule has 0 fully saturated rings. The van der Waals surface area contributed by atoms with E-state index < -0.39 is 0 Å². The van der Waals surface area contributed by atoms with Crippen LogP contribution in [-0.4, -0.2) is 9.97 Å². The van der Waals surface area contributed by atoms with Crippen molar-refractivity contribution >= 4 is 32.3 Å². The molecule has 2 heteroatoms. The maximum atomic E-state index is 5.52. The largest absolute Gasteiger partial charge is 0.228 e. The fourth-order valence-electron chi connectivity index (χ4n) is 7.90. The predicted octanol–water partition coefficient (Wildman–Crippen LogP) is 13.9. The third-order valence-electron chi connectivity index (χ3n) is 10.5. The lowest BCUT2D eigenvalue weighted by Crippen LogP contribution is -1.99. The van der Waals surface area contributed by atoms with Crippen LogP contribution in [0.25, 0.3) is 99.6 Å². The van der Waals surface area contributed by atoms with Crippen LogP contribution in [0.5, 0.6) is 0 Å². The van der Waals surface area contributed by atoms with Crippen LogP contribution in [0.3, 0.4) is 0 Å². The summed E-state index contributed by atoms with van der Waals surface area (Å²) in [5, 5.41) is 7.06. The van der Waals surface area contributed by atoms with E-state index in [-0.39, 0.29) is 0 Å². The van der Waals surface area contributed by atoms with Crippen molar-refractivity contribution in [1.29, 1.82) is 0 Å². The summed E-state index contributed by atoms with van der Waals surface area (Å²) in [4.78, 5) is 11.0. The summed E-state index contributed by atoms with van der Waals surface area (Å²) < 4.78 is 0. The molecule has 252 valence electrons. The topological polar surface area (TPSA) is 25.8 Å². The smallest absolute Gasteiger partial charge is 0.161 e. The van der Waals surface area contributed by atoms with Gasteiger partial charge in [-0.3, -0.25) is 0 Å². The van der Waals surface area contributed by atoms with Crippen LogP contribution in [0.4, 0.5) is 0 Å². The van der Waals surface area contributed by atoms with Crippen LogP contribution in [-0.2, 0) is 0 Å². The predicted molar refractivity (Wildman–Crippen MR) is 227 cm³/mol. The Hall–Kier alpha value is -7.16. The van der Waals surface area contributed by atoms with Gasteiger partial charge in [0.1, 0.15) is 0 Å². The Kier molecular flexibility index (Phi) is 7.85. The van der Waals surface area contributed by atoms with Gasteiger partial charge in [-0.1, -0.05) is 194 Å². The highest BCUT2D eigenvalue weighted by Crippen LogP contribution is 2.42. The Morgan fingerprint density at radius 2 is 0.722 bits per heavy atom. The van der Waals surface area contributed by atoms with Gasteiger partial charge in [-0.2, -0.15) is 0 Å². The van der Waals surface area contributed by atoms with Crippen molar-refractivity contribution in [2.75, 3.05) is 0 Å². The van der Waals surface area contributed by atoms with Crippen LogP contribution >= 0.6 is 0 Å². The zero-order valence-corrected chi connectivity index (χ0v) is 29.5. The Bertz CT molecular complexity index is 2970. The summed E-state index contributed by atoms with van der Waals surface area (Å²) in [6.45, 7) is 0. The molecule has 0 saturated carbocycles. The first kappa shape index (κ1) is 31.6. The van der Waals surface area contributed by atoms with E-state index >= 15 is 0 Å². The molecule has 0 aliphatic carbocycles. The van der Waals surface area contributed by atoms with Crippen LogP contribution in [0.1, 0.15) is 0 Å². The first-order chi connectivity index (χ1) is 26.8. The van der Waals surface area contributed by atoms with Gasteiger partial charge >= 0.3 is 0 Å². The summed E-state index contributed by atoms with van der Waals surface area (Å²) in [5.74, 6) is 0.705. The lowest BCUT2D eigenvalue weighted by Gasteiger charge is -2.17. The Labute approximate surface area is 314 Å². The second-order valence-electron chi connectivity index (χ2n) is 13.7. The van der Waals surface area contributed by atoms with Crippen LogP contribution in [0.2, 0.25) is 0 Å². The van der Waals surface area contributed by atoms with Crippen molar-refractivity contribution in [3.05, 3.63) is 206 Å². The minimum atomic E-state index is 0.705. The second kappa shape index (κ2) is 13.4. The number of rotatable bonds is 6. The molecule has 0 spiro atoms. The Morgan fingerprint density at radius 3 is 1.37 bits per heavy atom. The number of fused-ring (bicyclic) bond motifs is 4. The average Bonchev–Trinajstić information content (AvgIpc) is 3.26. The molecule has 2 nitrogen and oxygen atoms in total. The Morgan fingerprint density at radius 1 is 0.259 bits per heavy atom. The second-order valence-corrected chi connectivity index (χ2v) is 13.7. The van der Waals surface area contributed by atoms with Gasteiger partial charge in [0, 0.05) is 16.7 Å². The summed E-state index contributed by atoms with van der Waals surface area (Å²) in [5.41, 5.74) is 11.9. The molecule has 0 N–H and O–H groups in total. The summed E-state index contributed by atoms with van der Waals surface area (Å²) in [6.07, 6.45) is 0. The van der Waals surface area contributed by atoms with Crippen LogP contribution in [0.15, 0.2) is 206 Å². The number of nitrogens with zero attached hydrogens (tertiary/aromatic N) is 2. The van der Waals surface area contributed by atoms with Gasteiger partial charge in [-0.05, 0) is 77.8 Å². The number of benzene rings is 9. The number of aromatic nitrogens is 2. The molecule has 0 saturated heterocycles. The van der Waals surface area contributed by atoms with Crippen molar-refractivity contribution in [3.8, 4) is 67.3 Å². The molecule has 0 radical (unpaired) electrons. The molecule has 10 rings (SSSR count). The van der Waals surface area contributed by atoms with Crippen molar-refractivity contribution in [3.63, 3.8) is 0 Å². The lowest BCUT2D eigenvalue weighted by molar-refractivity contribution is 1.19. The monoisotopic (exact) mass is 686 g/mol. The van der Waals surface area contributed by atoms with E-state index in [2.05, 4.69) is 206 Å². The standard InChI is InChI=1S/C52H34N2/c1-3-15-35(16-4-1)36-27-29-39(30-28-36)42-22-12-14-26-46(42)50-34-49(45-25-13-11-21-41(45)37-17-5-2-6-18-37)53-52(54-50)51-44-24-10-8-20-40(44)33-48-43-23-9-7-19-38(43)31-32-47(48)51/h1-34H. The minimum Gasteiger partial charge on any atom is -0.228 e. The molecule has 1 heterocycles. The lowest BCUT2D eigenvalue weighted by atomic mass is 9.91. The van der Waals surface area contributed by atoms with E-state index in [0.717, 1.165) is 66.5 Å². The maximum absolute atomic E-state index is 5.52. The van der Waals surface area contributed by atoms with Gasteiger partial charge in [0.15, 0.2) is 5.82 Å². The van der Waals surface area contributed by atoms with E-state index in [9.17, 15) is 0 Å². The highest BCUT2D eigenvalue weighted by molar-refractivity contribution is 6.19. The van der Waals surface area contributed by atoms with Crippen molar-refractivity contribution < 1.29 is 0 Å². The maximum Gasteiger partial charge on any atom is 0.161 e. The molecule has 0 bridgehead atoms. The minimum absolute atomic E-state index is 0.705. The van der Waals surface area contributed by atoms with Gasteiger partial charge < -0.3 is 0 Å². The van der Waals surface area contributed by atoms with E-state index in [1.165, 1.54) is 27.3 Å². The van der Waals surface area contributed by atoms with E-state index in [1.54, 1.807) is 0 Å². The molecule has 0 unspecified atom stereocenters. The molecule has 54 heavy (non-hydrogen) atoms. The molecule has 0 aliphatic heterocycles. The first-order valence-corrected chi connectivity index (χ1v) is 18.4. The van der Waals surface area contributed by atoms with E-state index in [0.29, 0.717) is 5.82 Å². The molecule has 9 aromatic carbocycles. The summed E-state index contributed by atoms with van der Waals surface area (Å²) in [7, 11) is 0. The molecule has 0 atom stereocenters. The van der Waals surface area contributed by atoms with Gasteiger partial charge in [-0.15, -0.1) is 0 Å². The van der Waals surface area contributed by atoms with E-state index in [1.807, 2.05) is 0 Å². The van der Waals surface area contributed by atoms with Crippen LogP contribution in [0, 0.1) is 0 Å². The fourth-order valence-corrected chi connectivity index (χ4v) is 7.90. The number of hydrogen-bond acceptors (Lipinski definition) is 2. The normalized spacial score (nSPS) is 11.3. The van der Waals surface area contributed by atoms with Gasteiger partial charge in [0.05, 0.1) is 11.4 Å². The quantitative estimate of drug-likeness (QED) is 0.129. The highest BCUT2D eigenvalue weighted by atomic mass is 14.9. The molecule has 0 aliphatic rings. The Balaban J connectivity index is 1.24. The highest BCUT2D eigenvalue weighted by Gasteiger charge is 2.20. The summed E-state index contributed by atoms with van der Waals surface area (Å²) >= 11 is 0. The molecular formula is C52H34N2. The van der Waals surface area contributed by atoms with Crippen molar-refractivity contribution in [2.45, 2.75) is 0 Å². The molecule has 0 amide bonds. The van der Waals surface area contributed by atoms with Gasteiger partial charge in [0.2, 0.25) is 0 Å². The average molecular weight is 687 g/mol. The molecular weight excluding hydrogens is 653 g/mol. The number of hydrogen-bond donors (Lipinski definition) is 0.